The van der Waals surface area contributed by atoms with Crippen molar-refractivity contribution in [2.75, 3.05) is 0 Å². The SMILES string of the molecule is CCc1cc(-c2ccc(S)o2)c(C)[nH]c1=O. The number of hydrogen-bond acceptors (Lipinski definition) is 3. The quantitative estimate of drug-likeness (QED) is 0.786. The number of rotatable bonds is 2. The van der Waals surface area contributed by atoms with Crippen molar-refractivity contribution in [1.29, 1.82) is 0 Å². The molecular weight excluding hydrogens is 222 g/mol. The lowest BCUT2D eigenvalue weighted by atomic mass is 10.1. The van der Waals surface area contributed by atoms with Crippen LogP contribution in [-0.4, -0.2) is 4.98 Å². The number of aromatic amines is 1. The summed E-state index contributed by atoms with van der Waals surface area (Å²) in [4.78, 5) is 14.4. The van der Waals surface area contributed by atoms with E-state index < -0.39 is 0 Å². The Morgan fingerprint density at radius 2 is 2.19 bits per heavy atom. The first kappa shape index (κ1) is 11.1. The standard InChI is InChI=1S/C12H13NO2S/c1-3-8-6-9(7(2)13-12(8)14)10-4-5-11(16)15-10/h4-6,16H,3H2,1-2H3,(H,13,14). The van der Waals surface area contributed by atoms with Gasteiger partial charge in [0.1, 0.15) is 5.76 Å². The first-order valence-corrected chi connectivity index (χ1v) is 5.58. The first-order chi connectivity index (χ1) is 7.61. The Bertz CT molecular complexity index is 569. The van der Waals surface area contributed by atoms with Crippen molar-refractivity contribution in [3.05, 3.63) is 39.8 Å². The van der Waals surface area contributed by atoms with Gasteiger partial charge in [-0.25, -0.2) is 0 Å². The van der Waals surface area contributed by atoms with Gasteiger partial charge in [0.15, 0.2) is 5.09 Å². The maximum atomic E-state index is 11.6. The van der Waals surface area contributed by atoms with Crippen molar-refractivity contribution in [3.8, 4) is 11.3 Å². The van der Waals surface area contributed by atoms with Crippen LogP contribution < -0.4 is 5.56 Å². The zero-order valence-corrected chi connectivity index (χ0v) is 10.1. The van der Waals surface area contributed by atoms with Gasteiger partial charge in [-0.05, 0) is 31.5 Å². The Balaban J connectivity index is 2.61. The second-order valence-electron chi connectivity index (χ2n) is 3.65. The van der Waals surface area contributed by atoms with Crippen LogP contribution in [0.25, 0.3) is 11.3 Å². The van der Waals surface area contributed by atoms with Crippen LogP contribution >= 0.6 is 12.6 Å². The van der Waals surface area contributed by atoms with Gasteiger partial charge in [-0.15, -0.1) is 12.6 Å². The maximum Gasteiger partial charge on any atom is 0.251 e. The van der Waals surface area contributed by atoms with Crippen LogP contribution in [0.15, 0.2) is 32.5 Å². The van der Waals surface area contributed by atoms with Crippen molar-refractivity contribution >= 4 is 12.6 Å². The Morgan fingerprint density at radius 3 is 2.75 bits per heavy atom. The molecule has 2 aromatic heterocycles. The molecule has 84 valence electrons. The fourth-order valence-corrected chi connectivity index (χ4v) is 1.83. The lowest BCUT2D eigenvalue weighted by Gasteiger charge is -2.04. The Hall–Kier alpha value is -1.42. The van der Waals surface area contributed by atoms with E-state index in [1.807, 2.05) is 26.0 Å². The molecule has 0 amide bonds. The molecule has 0 spiro atoms. The molecule has 0 bridgehead atoms. The number of nitrogens with one attached hydrogen (secondary N) is 1. The summed E-state index contributed by atoms with van der Waals surface area (Å²) in [7, 11) is 0. The summed E-state index contributed by atoms with van der Waals surface area (Å²) in [6, 6.07) is 5.51. The molecule has 0 aliphatic rings. The fourth-order valence-electron chi connectivity index (χ4n) is 1.66. The van der Waals surface area contributed by atoms with Gasteiger partial charge in [-0.3, -0.25) is 4.79 Å². The van der Waals surface area contributed by atoms with Crippen LogP contribution in [0.5, 0.6) is 0 Å². The molecule has 2 rings (SSSR count). The van der Waals surface area contributed by atoms with Gasteiger partial charge in [0.25, 0.3) is 5.56 Å². The van der Waals surface area contributed by atoms with Gasteiger partial charge in [0.2, 0.25) is 0 Å². The van der Waals surface area contributed by atoms with E-state index in [2.05, 4.69) is 17.6 Å². The molecule has 1 N–H and O–H groups in total. The summed E-state index contributed by atoms with van der Waals surface area (Å²) in [5, 5.41) is 0.568. The van der Waals surface area contributed by atoms with E-state index in [9.17, 15) is 4.79 Å². The van der Waals surface area contributed by atoms with Crippen LogP contribution in [0, 0.1) is 6.92 Å². The highest BCUT2D eigenvalue weighted by Gasteiger charge is 2.09. The number of aryl methyl sites for hydroxylation is 2. The van der Waals surface area contributed by atoms with Gasteiger partial charge < -0.3 is 9.40 Å². The molecule has 4 heteroatoms. The lowest BCUT2D eigenvalue weighted by Crippen LogP contribution is -2.13. The number of H-pyrrole nitrogens is 1. The predicted molar refractivity (Wildman–Crippen MR) is 66.1 cm³/mol. The molecule has 0 saturated carbocycles. The van der Waals surface area contributed by atoms with Gasteiger partial charge in [-0.2, -0.15) is 0 Å². The van der Waals surface area contributed by atoms with Crippen molar-refractivity contribution in [1.82, 2.24) is 4.98 Å². The molecule has 0 aliphatic carbocycles. The van der Waals surface area contributed by atoms with E-state index in [4.69, 9.17) is 4.42 Å². The number of pyridine rings is 1. The summed E-state index contributed by atoms with van der Waals surface area (Å²) in [6.07, 6.45) is 0.705. The summed E-state index contributed by atoms with van der Waals surface area (Å²) >= 11 is 4.12. The van der Waals surface area contributed by atoms with E-state index in [-0.39, 0.29) is 5.56 Å². The monoisotopic (exact) mass is 235 g/mol. The van der Waals surface area contributed by atoms with Crippen LogP contribution in [0.1, 0.15) is 18.2 Å². The van der Waals surface area contributed by atoms with Crippen molar-refractivity contribution in [2.45, 2.75) is 25.4 Å². The molecule has 0 saturated heterocycles. The molecule has 3 nitrogen and oxygen atoms in total. The third-order valence-electron chi connectivity index (χ3n) is 2.55. The molecule has 0 radical (unpaired) electrons. The molecular formula is C12H13NO2S. The largest absolute Gasteiger partial charge is 0.450 e. The van der Waals surface area contributed by atoms with E-state index in [1.165, 1.54) is 0 Å². The Labute approximate surface area is 98.9 Å². The van der Waals surface area contributed by atoms with Gasteiger partial charge in [0.05, 0.1) is 0 Å². The minimum absolute atomic E-state index is 0.0265. The van der Waals surface area contributed by atoms with E-state index in [0.29, 0.717) is 11.5 Å². The minimum Gasteiger partial charge on any atom is -0.450 e. The minimum atomic E-state index is -0.0265. The smallest absolute Gasteiger partial charge is 0.251 e. The van der Waals surface area contributed by atoms with Gasteiger partial charge >= 0.3 is 0 Å². The molecule has 0 unspecified atom stereocenters. The van der Waals surface area contributed by atoms with Crippen LogP contribution in [0.4, 0.5) is 0 Å². The van der Waals surface area contributed by atoms with Gasteiger partial charge in [0, 0.05) is 16.8 Å². The lowest BCUT2D eigenvalue weighted by molar-refractivity contribution is 0.489. The third kappa shape index (κ3) is 1.93. The zero-order valence-electron chi connectivity index (χ0n) is 9.20. The topological polar surface area (TPSA) is 46.0 Å². The number of furan rings is 1. The summed E-state index contributed by atoms with van der Waals surface area (Å²) < 4.78 is 5.43. The predicted octanol–water partition coefficient (Wildman–Crippen LogP) is 2.79. The average Bonchev–Trinajstić information content (AvgIpc) is 2.65. The molecule has 0 atom stereocenters. The maximum absolute atomic E-state index is 11.6. The van der Waals surface area contributed by atoms with Crippen LogP contribution in [-0.2, 0) is 6.42 Å². The molecule has 0 aromatic carbocycles. The third-order valence-corrected chi connectivity index (χ3v) is 2.79. The first-order valence-electron chi connectivity index (χ1n) is 5.13. The Kier molecular flexibility index (Phi) is 2.92. The molecule has 2 heterocycles. The summed E-state index contributed by atoms with van der Waals surface area (Å²) in [5.74, 6) is 0.730. The fraction of sp³-hybridized carbons (Fsp3) is 0.250. The molecule has 0 fully saturated rings. The second kappa shape index (κ2) is 4.22. The normalized spacial score (nSPS) is 10.7. The highest BCUT2D eigenvalue weighted by atomic mass is 32.1. The molecule has 16 heavy (non-hydrogen) atoms. The zero-order chi connectivity index (χ0) is 11.7. The number of aromatic nitrogens is 1. The summed E-state index contributed by atoms with van der Waals surface area (Å²) in [5.41, 5.74) is 2.46. The summed E-state index contributed by atoms with van der Waals surface area (Å²) in [6.45, 7) is 3.81. The van der Waals surface area contributed by atoms with Crippen LogP contribution in [0.2, 0.25) is 0 Å². The van der Waals surface area contributed by atoms with E-state index in [1.54, 1.807) is 6.07 Å². The Morgan fingerprint density at radius 1 is 1.44 bits per heavy atom. The highest BCUT2D eigenvalue weighted by Crippen LogP contribution is 2.25. The van der Waals surface area contributed by atoms with Crippen molar-refractivity contribution in [3.63, 3.8) is 0 Å². The van der Waals surface area contributed by atoms with Crippen LogP contribution in [0.3, 0.4) is 0 Å². The van der Waals surface area contributed by atoms with Gasteiger partial charge in [-0.1, -0.05) is 6.92 Å². The molecule has 2 aromatic rings. The van der Waals surface area contributed by atoms with Crippen molar-refractivity contribution in [2.24, 2.45) is 0 Å². The van der Waals surface area contributed by atoms with E-state index >= 15 is 0 Å². The van der Waals surface area contributed by atoms with Crippen molar-refractivity contribution < 1.29 is 4.42 Å². The molecule has 0 aliphatic heterocycles. The average molecular weight is 235 g/mol. The number of hydrogen-bond donors (Lipinski definition) is 2. The van der Waals surface area contributed by atoms with E-state index in [0.717, 1.165) is 22.6 Å². The second-order valence-corrected chi connectivity index (χ2v) is 4.09. The highest BCUT2D eigenvalue weighted by molar-refractivity contribution is 7.80. The number of thiol groups is 1.